The maximum Gasteiger partial charge on any atom is 0.337 e. The van der Waals surface area contributed by atoms with Crippen LogP contribution in [-0.2, 0) is 7.05 Å². The molecular formula is C12H10Cl2N2O2. The molecule has 0 saturated carbocycles. The highest BCUT2D eigenvalue weighted by Gasteiger charge is 2.19. The standard InChI is InChI=1S/C12H10Cl2N2O2/c1-6-5-9(16(2)15-6)10-8(13)4-3-7(11(10)14)12(17)18/h3-5H,1-2H3,(H,17,18). The molecule has 0 amide bonds. The summed E-state index contributed by atoms with van der Waals surface area (Å²) in [6.45, 7) is 1.84. The van der Waals surface area contributed by atoms with E-state index in [-0.39, 0.29) is 10.6 Å². The highest BCUT2D eigenvalue weighted by molar-refractivity contribution is 6.40. The van der Waals surface area contributed by atoms with Gasteiger partial charge in [0.15, 0.2) is 0 Å². The summed E-state index contributed by atoms with van der Waals surface area (Å²) in [7, 11) is 1.75. The van der Waals surface area contributed by atoms with E-state index in [1.165, 1.54) is 12.1 Å². The van der Waals surface area contributed by atoms with Crippen molar-refractivity contribution in [2.75, 3.05) is 0 Å². The van der Waals surface area contributed by atoms with Gasteiger partial charge in [-0.2, -0.15) is 5.10 Å². The van der Waals surface area contributed by atoms with E-state index in [4.69, 9.17) is 28.3 Å². The number of benzene rings is 1. The number of hydrogen-bond acceptors (Lipinski definition) is 2. The summed E-state index contributed by atoms with van der Waals surface area (Å²) in [6, 6.07) is 4.72. The second-order valence-corrected chi connectivity index (χ2v) is 4.67. The minimum atomic E-state index is -1.09. The summed E-state index contributed by atoms with van der Waals surface area (Å²) in [4.78, 5) is 11.1. The van der Waals surface area contributed by atoms with Crippen molar-refractivity contribution in [3.05, 3.63) is 39.5 Å². The van der Waals surface area contributed by atoms with Gasteiger partial charge >= 0.3 is 5.97 Å². The van der Waals surface area contributed by atoms with E-state index in [2.05, 4.69) is 5.10 Å². The number of carboxylic acids is 1. The van der Waals surface area contributed by atoms with Gasteiger partial charge in [-0.1, -0.05) is 23.2 Å². The molecule has 0 bridgehead atoms. The summed E-state index contributed by atoms with van der Waals surface area (Å²) < 4.78 is 1.62. The van der Waals surface area contributed by atoms with Gasteiger partial charge in [-0.3, -0.25) is 4.68 Å². The van der Waals surface area contributed by atoms with Crippen molar-refractivity contribution in [2.45, 2.75) is 6.92 Å². The molecule has 6 heteroatoms. The lowest BCUT2D eigenvalue weighted by Gasteiger charge is -2.09. The number of hydrogen-bond donors (Lipinski definition) is 1. The molecule has 1 N–H and O–H groups in total. The Morgan fingerprint density at radius 2 is 2.06 bits per heavy atom. The zero-order valence-electron chi connectivity index (χ0n) is 9.74. The Morgan fingerprint density at radius 3 is 2.56 bits per heavy atom. The van der Waals surface area contributed by atoms with Gasteiger partial charge in [0, 0.05) is 12.6 Å². The van der Waals surface area contributed by atoms with E-state index in [1.54, 1.807) is 17.8 Å². The number of halogens is 2. The second-order valence-electron chi connectivity index (χ2n) is 3.88. The number of carboxylic acid groups (broad SMARTS) is 1. The summed E-state index contributed by atoms with van der Waals surface area (Å²) in [5.41, 5.74) is 2.00. The average Bonchev–Trinajstić information content (AvgIpc) is 2.57. The molecular weight excluding hydrogens is 275 g/mol. The maximum atomic E-state index is 11.1. The van der Waals surface area contributed by atoms with Crippen molar-refractivity contribution in [3.8, 4) is 11.3 Å². The van der Waals surface area contributed by atoms with Crippen LogP contribution in [0.15, 0.2) is 18.2 Å². The van der Waals surface area contributed by atoms with E-state index < -0.39 is 5.97 Å². The zero-order valence-corrected chi connectivity index (χ0v) is 11.2. The molecule has 0 unspecified atom stereocenters. The van der Waals surface area contributed by atoms with Gasteiger partial charge in [0.2, 0.25) is 0 Å². The first-order valence-electron chi connectivity index (χ1n) is 5.14. The quantitative estimate of drug-likeness (QED) is 0.920. The van der Waals surface area contributed by atoms with Gasteiger partial charge in [0.1, 0.15) is 0 Å². The number of aromatic carboxylic acids is 1. The van der Waals surface area contributed by atoms with Gasteiger partial charge in [-0.05, 0) is 25.1 Å². The van der Waals surface area contributed by atoms with E-state index in [0.717, 1.165) is 5.69 Å². The molecule has 2 aromatic rings. The van der Waals surface area contributed by atoms with Gasteiger partial charge in [-0.25, -0.2) is 4.79 Å². The number of carbonyl (C=O) groups is 1. The lowest BCUT2D eigenvalue weighted by atomic mass is 10.1. The SMILES string of the molecule is Cc1cc(-c2c(Cl)ccc(C(=O)O)c2Cl)n(C)n1. The minimum absolute atomic E-state index is 0.0231. The van der Waals surface area contributed by atoms with Crippen LogP contribution in [-0.4, -0.2) is 20.9 Å². The van der Waals surface area contributed by atoms with E-state index >= 15 is 0 Å². The number of nitrogens with zero attached hydrogens (tertiary/aromatic N) is 2. The van der Waals surface area contributed by atoms with Crippen molar-refractivity contribution in [1.29, 1.82) is 0 Å². The Labute approximate surface area is 114 Å². The second kappa shape index (κ2) is 4.63. The fraction of sp³-hybridized carbons (Fsp3) is 0.167. The van der Waals surface area contributed by atoms with Crippen molar-refractivity contribution >= 4 is 29.2 Å². The fourth-order valence-electron chi connectivity index (χ4n) is 1.80. The van der Waals surface area contributed by atoms with Crippen LogP contribution >= 0.6 is 23.2 Å². The predicted octanol–water partition coefficient (Wildman–Crippen LogP) is 3.40. The predicted molar refractivity (Wildman–Crippen MR) is 70.4 cm³/mol. The minimum Gasteiger partial charge on any atom is -0.478 e. The molecule has 1 aromatic heterocycles. The third-order valence-corrected chi connectivity index (χ3v) is 3.29. The molecule has 2 rings (SSSR count). The fourth-order valence-corrected chi connectivity index (χ4v) is 2.44. The van der Waals surface area contributed by atoms with Crippen LogP contribution in [0.25, 0.3) is 11.3 Å². The first kappa shape index (κ1) is 12.9. The highest BCUT2D eigenvalue weighted by atomic mass is 35.5. The molecule has 0 aliphatic heterocycles. The lowest BCUT2D eigenvalue weighted by molar-refractivity contribution is 0.0697. The molecule has 94 valence electrons. The van der Waals surface area contributed by atoms with Gasteiger partial charge in [-0.15, -0.1) is 0 Å². The van der Waals surface area contributed by atoms with Gasteiger partial charge < -0.3 is 5.11 Å². The van der Waals surface area contributed by atoms with E-state index in [1.807, 2.05) is 6.92 Å². The Balaban J connectivity index is 2.74. The molecule has 0 radical (unpaired) electrons. The Kier molecular flexibility index (Phi) is 3.32. The van der Waals surface area contributed by atoms with Crippen molar-refractivity contribution in [1.82, 2.24) is 9.78 Å². The number of aromatic nitrogens is 2. The van der Waals surface area contributed by atoms with Crippen LogP contribution in [0.5, 0.6) is 0 Å². The largest absolute Gasteiger partial charge is 0.478 e. The van der Waals surface area contributed by atoms with Crippen molar-refractivity contribution in [2.24, 2.45) is 7.05 Å². The van der Waals surface area contributed by atoms with Crippen LogP contribution in [0.2, 0.25) is 10.0 Å². The summed E-state index contributed by atoms with van der Waals surface area (Å²) in [5, 5.41) is 13.8. The van der Waals surface area contributed by atoms with Crippen molar-refractivity contribution < 1.29 is 9.90 Å². The molecule has 4 nitrogen and oxygen atoms in total. The molecule has 18 heavy (non-hydrogen) atoms. The average molecular weight is 285 g/mol. The highest BCUT2D eigenvalue weighted by Crippen LogP contribution is 2.37. The molecule has 0 fully saturated rings. The van der Waals surface area contributed by atoms with E-state index in [9.17, 15) is 4.79 Å². The summed E-state index contributed by atoms with van der Waals surface area (Å²) >= 11 is 12.2. The van der Waals surface area contributed by atoms with Gasteiger partial charge in [0.25, 0.3) is 0 Å². The normalized spacial score (nSPS) is 10.7. The van der Waals surface area contributed by atoms with Crippen LogP contribution < -0.4 is 0 Å². The molecule has 0 aliphatic carbocycles. The third kappa shape index (κ3) is 2.09. The first-order valence-corrected chi connectivity index (χ1v) is 5.89. The Bertz CT molecular complexity index is 635. The van der Waals surface area contributed by atoms with Crippen LogP contribution in [0.1, 0.15) is 16.1 Å². The van der Waals surface area contributed by atoms with Gasteiger partial charge in [0.05, 0.1) is 27.0 Å². The number of rotatable bonds is 2. The summed E-state index contributed by atoms with van der Waals surface area (Å²) in [6.07, 6.45) is 0. The van der Waals surface area contributed by atoms with Crippen LogP contribution in [0.4, 0.5) is 0 Å². The molecule has 1 heterocycles. The molecule has 0 spiro atoms. The molecule has 0 saturated heterocycles. The number of aryl methyl sites for hydroxylation is 2. The maximum absolute atomic E-state index is 11.1. The molecule has 0 aliphatic rings. The van der Waals surface area contributed by atoms with Crippen LogP contribution in [0, 0.1) is 6.92 Å². The molecule has 1 aromatic carbocycles. The smallest absolute Gasteiger partial charge is 0.337 e. The Hall–Kier alpha value is -1.52. The van der Waals surface area contributed by atoms with Crippen molar-refractivity contribution in [3.63, 3.8) is 0 Å². The van der Waals surface area contributed by atoms with Crippen LogP contribution in [0.3, 0.4) is 0 Å². The van der Waals surface area contributed by atoms with E-state index in [0.29, 0.717) is 16.3 Å². The Morgan fingerprint density at radius 1 is 1.39 bits per heavy atom. The first-order chi connectivity index (χ1) is 8.41. The summed E-state index contributed by atoms with van der Waals surface area (Å²) in [5.74, 6) is -1.09. The molecule has 0 atom stereocenters. The topological polar surface area (TPSA) is 55.1 Å². The third-order valence-electron chi connectivity index (χ3n) is 2.58. The lowest BCUT2D eigenvalue weighted by Crippen LogP contribution is -2.01. The zero-order chi connectivity index (χ0) is 13.4. The monoisotopic (exact) mass is 284 g/mol.